The average molecular weight is 267 g/mol. The van der Waals surface area contributed by atoms with Gasteiger partial charge in [0.25, 0.3) is 0 Å². The number of hydrogen-bond donors (Lipinski definition) is 0. The van der Waals surface area contributed by atoms with Crippen molar-refractivity contribution >= 4 is 23.1 Å². The topological polar surface area (TPSA) is 34.1 Å². The van der Waals surface area contributed by atoms with Gasteiger partial charge in [0, 0.05) is 0 Å². The van der Waals surface area contributed by atoms with E-state index in [1.54, 1.807) is 13.8 Å². The van der Waals surface area contributed by atoms with Crippen molar-refractivity contribution in [3.05, 3.63) is 29.1 Å². The van der Waals surface area contributed by atoms with Crippen molar-refractivity contribution in [2.45, 2.75) is 18.7 Å². The fourth-order valence-electron chi connectivity index (χ4n) is 1.28. The normalized spacial score (nSPS) is 11.7. The lowest BCUT2D eigenvalue weighted by molar-refractivity contribution is 0.606. The second-order valence-corrected chi connectivity index (χ2v) is 6.65. The van der Waals surface area contributed by atoms with Gasteiger partial charge in [0.05, 0.1) is 19.7 Å². The van der Waals surface area contributed by atoms with E-state index in [2.05, 4.69) is 14.8 Å². The van der Waals surface area contributed by atoms with Gasteiger partial charge >= 0.3 is 0 Å². The SMILES string of the molecule is Cc1cc(F)cc(C)c1S(=O)(=O)Br. The Balaban J connectivity index is 3.57. The molecule has 1 aromatic carbocycles. The van der Waals surface area contributed by atoms with Crippen molar-refractivity contribution in [3.8, 4) is 0 Å². The third-order valence-corrected chi connectivity index (χ3v) is 3.77. The molecule has 0 aromatic heterocycles. The Kier molecular flexibility index (Phi) is 2.77. The van der Waals surface area contributed by atoms with E-state index in [1.165, 1.54) is 12.1 Å². The molecule has 13 heavy (non-hydrogen) atoms. The summed E-state index contributed by atoms with van der Waals surface area (Å²) in [5.41, 5.74) is 0.823. The first-order valence-corrected chi connectivity index (χ1v) is 6.86. The van der Waals surface area contributed by atoms with Crippen LogP contribution in [-0.2, 0) is 8.27 Å². The Bertz CT molecular complexity index is 416. The van der Waals surface area contributed by atoms with Gasteiger partial charge in [-0.15, -0.1) is 0 Å². The molecule has 0 aliphatic rings. The number of benzene rings is 1. The molecule has 0 aliphatic carbocycles. The quantitative estimate of drug-likeness (QED) is 0.733. The van der Waals surface area contributed by atoms with E-state index in [0.29, 0.717) is 11.1 Å². The van der Waals surface area contributed by atoms with Gasteiger partial charge in [-0.25, -0.2) is 12.8 Å². The molecule has 0 amide bonds. The van der Waals surface area contributed by atoms with Crippen LogP contribution in [0.3, 0.4) is 0 Å². The highest BCUT2D eigenvalue weighted by atomic mass is 79.9. The van der Waals surface area contributed by atoms with Crippen LogP contribution >= 0.6 is 14.8 Å². The molecule has 0 aliphatic heterocycles. The summed E-state index contributed by atoms with van der Waals surface area (Å²) in [4.78, 5) is 0.147. The van der Waals surface area contributed by atoms with E-state index < -0.39 is 14.1 Å². The third-order valence-electron chi connectivity index (χ3n) is 1.67. The standard InChI is InChI=1S/C8H8BrFO2S/c1-5-3-7(10)4-6(2)8(5)13(9,11)12/h3-4H,1-2H3. The molecule has 1 rings (SSSR count). The van der Waals surface area contributed by atoms with Crippen LogP contribution in [0.25, 0.3) is 0 Å². The summed E-state index contributed by atoms with van der Waals surface area (Å²) in [5.74, 6) is -0.421. The number of rotatable bonds is 1. The highest BCUT2D eigenvalue weighted by molar-refractivity contribution is 9.47. The smallest absolute Gasteiger partial charge is 0.212 e. The third kappa shape index (κ3) is 2.28. The molecule has 0 saturated heterocycles. The van der Waals surface area contributed by atoms with Crippen LogP contribution in [0.2, 0.25) is 0 Å². The maximum Gasteiger partial charge on any atom is 0.238 e. The fourth-order valence-corrected chi connectivity index (χ4v) is 3.70. The number of halogens is 2. The predicted molar refractivity (Wildman–Crippen MR) is 52.0 cm³/mol. The van der Waals surface area contributed by atoms with Crippen LogP contribution in [0.1, 0.15) is 11.1 Å². The van der Waals surface area contributed by atoms with Gasteiger partial charge in [-0.2, -0.15) is 0 Å². The van der Waals surface area contributed by atoms with E-state index in [4.69, 9.17) is 0 Å². The van der Waals surface area contributed by atoms with Crippen molar-refractivity contribution in [2.75, 3.05) is 0 Å². The van der Waals surface area contributed by atoms with Crippen molar-refractivity contribution in [1.29, 1.82) is 0 Å². The lowest BCUT2D eigenvalue weighted by Crippen LogP contribution is -1.98. The Hall–Kier alpha value is -0.420. The van der Waals surface area contributed by atoms with Crippen LogP contribution in [0.4, 0.5) is 4.39 Å². The first-order chi connectivity index (χ1) is 5.82. The molecule has 1 aromatic rings. The first kappa shape index (κ1) is 10.7. The Morgan fingerprint density at radius 1 is 1.23 bits per heavy atom. The van der Waals surface area contributed by atoms with Crippen molar-refractivity contribution < 1.29 is 12.8 Å². The van der Waals surface area contributed by atoms with Gasteiger partial charge in [-0.05, 0) is 37.1 Å². The van der Waals surface area contributed by atoms with Crippen LogP contribution < -0.4 is 0 Å². The summed E-state index contributed by atoms with van der Waals surface area (Å²) >= 11 is 2.56. The summed E-state index contributed by atoms with van der Waals surface area (Å²) in [7, 11) is -3.44. The summed E-state index contributed by atoms with van der Waals surface area (Å²) in [5, 5.41) is 0. The Labute approximate surface area is 83.9 Å². The monoisotopic (exact) mass is 266 g/mol. The summed E-state index contributed by atoms with van der Waals surface area (Å²) in [6, 6.07) is 2.39. The van der Waals surface area contributed by atoms with E-state index in [9.17, 15) is 12.8 Å². The van der Waals surface area contributed by atoms with Crippen molar-refractivity contribution in [1.82, 2.24) is 0 Å². The molecule has 0 spiro atoms. The van der Waals surface area contributed by atoms with Crippen LogP contribution in [0, 0.1) is 19.7 Å². The zero-order valence-electron chi connectivity index (χ0n) is 7.14. The minimum atomic E-state index is -3.44. The second kappa shape index (κ2) is 3.38. The average Bonchev–Trinajstić information content (AvgIpc) is 1.78. The lowest BCUT2D eigenvalue weighted by Gasteiger charge is -2.05. The first-order valence-electron chi connectivity index (χ1n) is 3.54. The number of aryl methyl sites for hydroxylation is 2. The minimum Gasteiger partial charge on any atom is -0.212 e. The molecule has 0 radical (unpaired) electrons. The Morgan fingerprint density at radius 3 is 1.92 bits per heavy atom. The largest absolute Gasteiger partial charge is 0.238 e. The molecule has 0 unspecified atom stereocenters. The van der Waals surface area contributed by atoms with Crippen molar-refractivity contribution in [3.63, 3.8) is 0 Å². The maximum atomic E-state index is 12.8. The summed E-state index contributed by atoms with van der Waals surface area (Å²) in [6.45, 7) is 3.12. The fraction of sp³-hybridized carbons (Fsp3) is 0.250. The van der Waals surface area contributed by atoms with Gasteiger partial charge in [0.15, 0.2) is 0 Å². The van der Waals surface area contributed by atoms with Crippen LogP contribution in [0.15, 0.2) is 17.0 Å². The molecule has 0 fully saturated rings. The summed E-state index contributed by atoms with van der Waals surface area (Å²) < 4.78 is 35.1. The van der Waals surface area contributed by atoms with Gasteiger partial charge < -0.3 is 0 Å². The minimum absolute atomic E-state index is 0.147. The molecule has 0 heterocycles. The molecular formula is C8H8BrFO2S. The van der Waals surface area contributed by atoms with Gasteiger partial charge in [-0.1, -0.05) is 0 Å². The molecule has 5 heteroatoms. The van der Waals surface area contributed by atoms with Gasteiger partial charge in [0.2, 0.25) is 8.27 Å². The van der Waals surface area contributed by atoms with Crippen molar-refractivity contribution in [2.24, 2.45) is 0 Å². The van der Waals surface area contributed by atoms with Crippen LogP contribution in [0.5, 0.6) is 0 Å². The van der Waals surface area contributed by atoms with E-state index >= 15 is 0 Å². The van der Waals surface area contributed by atoms with E-state index in [1.807, 2.05) is 0 Å². The Morgan fingerprint density at radius 2 is 1.62 bits per heavy atom. The molecular weight excluding hydrogens is 259 g/mol. The highest BCUT2D eigenvalue weighted by Gasteiger charge is 2.16. The molecule has 0 atom stereocenters. The van der Waals surface area contributed by atoms with E-state index in [-0.39, 0.29) is 4.90 Å². The zero-order valence-corrected chi connectivity index (χ0v) is 9.54. The highest BCUT2D eigenvalue weighted by Crippen LogP contribution is 2.25. The zero-order chi connectivity index (χ0) is 10.2. The predicted octanol–water partition coefficient (Wildman–Crippen LogP) is 2.53. The van der Waals surface area contributed by atoms with Crippen LogP contribution in [-0.4, -0.2) is 8.42 Å². The lowest BCUT2D eigenvalue weighted by atomic mass is 10.1. The molecule has 0 bridgehead atoms. The van der Waals surface area contributed by atoms with Gasteiger partial charge in [0.1, 0.15) is 5.82 Å². The maximum absolute atomic E-state index is 12.8. The molecule has 2 nitrogen and oxygen atoms in total. The molecule has 0 N–H and O–H groups in total. The summed E-state index contributed by atoms with van der Waals surface area (Å²) in [6.07, 6.45) is 0. The van der Waals surface area contributed by atoms with Gasteiger partial charge in [-0.3, -0.25) is 0 Å². The molecule has 72 valence electrons. The van der Waals surface area contributed by atoms with E-state index in [0.717, 1.165) is 0 Å². The second-order valence-electron chi connectivity index (χ2n) is 2.81. The molecule has 0 saturated carbocycles. The number of hydrogen-bond acceptors (Lipinski definition) is 2.